The molecule has 0 aromatic carbocycles. The van der Waals surface area contributed by atoms with Gasteiger partial charge in [-0.25, -0.2) is 0 Å². The van der Waals surface area contributed by atoms with Gasteiger partial charge in [0.05, 0.1) is 6.10 Å². The van der Waals surface area contributed by atoms with Gasteiger partial charge in [0.1, 0.15) is 0 Å². The molecule has 2 heteroatoms. The molecular formula is C8H18OS. The van der Waals surface area contributed by atoms with E-state index in [4.69, 9.17) is 4.74 Å². The zero-order chi connectivity index (χ0) is 7.82. The van der Waals surface area contributed by atoms with Crippen molar-refractivity contribution in [2.45, 2.75) is 39.2 Å². The molecule has 0 amide bonds. The molecule has 1 nitrogen and oxygen atoms in total. The van der Waals surface area contributed by atoms with Crippen molar-refractivity contribution >= 4 is 12.6 Å². The van der Waals surface area contributed by atoms with E-state index >= 15 is 0 Å². The Morgan fingerprint density at radius 2 is 2.20 bits per heavy atom. The molecule has 0 N–H and O–H groups in total. The number of rotatable bonds is 6. The fourth-order valence-electron chi connectivity index (χ4n) is 0.839. The Bertz CT molecular complexity index is 66.3. The molecule has 0 saturated carbocycles. The summed E-state index contributed by atoms with van der Waals surface area (Å²) in [7, 11) is 0. The third kappa shape index (κ3) is 6.43. The Hall–Kier alpha value is 0.310. The molecule has 0 rings (SSSR count). The molecule has 1 unspecified atom stereocenters. The molecule has 0 aliphatic rings. The quantitative estimate of drug-likeness (QED) is 0.466. The highest BCUT2D eigenvalue weighted by Crippen LogP contribution is 2.01. The van der Waals surface area contributed by atoms with Crippen LogP contribution in [0.5, 0.6) is 0 Å². The first-order valence-electron chi connectivity index (χ1n) is 4.03. The van der Waals surface area contributed by atoms with Crippen molar-refractivity contribution in [2.75, 3.05) is 12.4 Å². The van der Waals surface area contributed by atoms with Gasteiger partial charge in [0.15, 0.2) is 0 Å². The number of ether oxygens (including phenoxy) is 1. The Balaban J connectivity index is 2.97. The van der Waals surface area contributed by atoms with Crippen LogP contribution >= 0.6 is 12.6 Å². The van der Waals surface area contributed by atoms with E-state index in [1.807, 2.05) is 0 Å². The van der Waals surface area contributed by atoms with Gasteiger partial charge in [0.2, 0.25) is 0 Å². The largest absolute Gasteiger partial charge is 0.378 e. The Labute approximate surface area is 69.6 Å². The van der Waals surface area contributed by atoms with Crippen LogP contribution in [0.1, 0.15) is 33.1 Å². The normalized spacial score (nSPS) is 13.5. The van der Waals surface area contributed by atoms with Crippen LogP contribution in [0.25, 0.3) is 0 Å². The van der Waals surface area contributed by atoms with Crippen molar-refractivity contribution in [1.29, 1.82) is 0 Å². The average Bonchev–Trinajstić information content (AvgIpc) is 1.89. The van der Waals surface area contributed by atoms with Crippen LogP contribution < -0.4 is 0 Å². The maximum atomic E-state index is 5.47. The third-order valence-electron chi connectivity index (χ3n) is 1.40. The highest BCUT2D eigenvalue weighted by Gasteiger charge is 1.97. The highest BCUT2D eigenvalue weighted by molar-refractivity contribution is 7.80. The number of thiol groups is 1. The van der Waals surface area contributed by atoms with E-state index in [1.54, 1.807) is 0 Å². The van der Waals surface area contributed by atoms with E-state index in [2.05, 4.69) is 26.5 Å². The Kier molecular flexibility index (Phi) is 7.65. The molecule has 0 aromatic rings. The van der Waals surface area contributed by atoms with Gasteiger partial charge in [-0.05, 0) is 25.5 Å². The van der Waals surface area contributed by atoms with Gasteiger partial charge in [-0.3, -0.25) is 0 Å². The van der Waals surface area contributed by atoms with Crippen molar-refractivity contribution in [1.82, 2.24) is 0 Å². The molecule has 0 bridgehead atoms. The second-order valence-electron chi connectivity index (χ2n) is 2.55. The first-order chi connectivity index (χ1) is 4.81. The monoisotopic (exact) mass is 162 g/mol. The summed E-state index contributed by atoms with van der Waals surface area (Å²) in [6.07, 6.45) is 3.89. The summed E-state index contributed by atoms with van der Waals surface area (Å²) in [5.41, 5.74) is 0. The zero-order valence-corrected chi connectivity index (χ0v) is 7.86. The third-order valence-corrected chi connectivity index (χ3v) is 1.72. The lowest BCUT2D eigenvalue weighted by atomic mass is 10.2. The molecule has 0 radical (unpaired) electrons. The standard InChI is InChI=1S/C8H18OS/c1-3-5-8(2)9-6-4-7-10/h8,10H,3-7H2,1-2H3. The summed E-state index contributed by atoms with van der Waals surface area (Å²) < 4.78 is 5.47. The van der Waals surface area contributed by atoms with Crippen LogP contribution in [0.3, 0.4) is 0 Å². The fraction of sp³-hybridized carbons (Fsp3) is 1.00. The van der Waals surface area contributed by atoms with Crippen LogP contribution in [0.15, 0.2) is 0 Å². The minimum absolute atomic E-state index is 0.435. The van der Waals surface area contributed by atoms with Gasteiger partial charge in [0, 0.05) is 6.61 Å². The number of hydrogen-bond acceptors (Lipinski definition) is 2. The Morgan fingerprint density at radius 1 is 1.50 bits per heavy atom. The molecular weight excluding hydrogens is 144 g/mol. The summed E-state index contributed by atoms with van der Waals surface area (Å²) in [6, 6.07) is 0. The van der Waals surface area contributed by atoms with Crippen LogP contribution in [-0.2, 0) is 4.74 Å². The second kappa shape index (κ2) is 7.42. The maximum Gasteiger partial charge on any atom is 0.0546 e. The van der Waals surface area contributed by atoms with Gasteiger partial charge >= 0.3 is 0 Å². The van der Waals surface area contributed by atoms with E-state index < -0.39 is 0 Å². The lowest BCUT2D eigenvalue weighted by Crippen LogP contribution is -2.08. The fourth-order valence-corrected chi connectivity index (χ4v) is 0.968. The summed E-state index contributed by atoms with van der Waals surface area (Å²) in [5.74, 6) is 0.929. The summed E-state index contributed by atoms with van der Waals surface area (Å²) in [6.45, 7) is 5.17. The minimum Gasteiger partial charge on any atom is -0.378 e. The van der Waals surface area contributed by atoms with E-state index in [1.165, 1.54) is 12.8 Å². The highest BCUT2D eigenvalue weighted by atomic mass is 32.1. The van der Waals surface area contributed by atoms with Crippen LogP contribution in [0.2, 0.25) is 0 Å². The predicted molar refractivity (Wildman–Crippen MR) is 48.8 cm³/mol. The van der Waals surface area contributed by atoms with Gasteiger partial charge in [-0.2, -0.15) is 12.6 Å². The molecule has 62 valence electrons. The molecule has 1 atom stereocenters. The van der Waals surface area contributed by atoms with E-state index in [0.29, 0.717) is 6.10 Å². The zero-order valence-electron chi connectivity index (χ0n) is 6.97. The first kappa shape index (κ1) is 10.3. The van der Waals surface area contributed by atoms with E-state index in [-0.39, 0.29) is 0 Å². The van der Waals surface area contributed by atoms with Gasteiger partial charge in [-0.1, -0.05) is 13.3 Å². The van der Waals surface area contributed by atoms with Gasteiger partial charge < -0.3 is 4.74 Å². The molecule has 0 spiro atoms. The minimum atomic E-state index is 0.435. The van der Waals surface area contributed by atoms with Gasteiger partial charge in [-0.15, -0.1) is 0 Å². The van der Waals surface area contributed by atoms with Crippen molar-refractivity contribution in [2.24, 2.45) is 0 Å². The van der Waals surface area contributed by atoms with Crippen LogP contribution in [-0.4, -0.2) is 18.5 Å². The molecule has 10 heavy (non-hydrogen) atoms. The molecule has 0 aromatic heterocycles. The van der Waals surface area contributed by atoms with E-state index in [9.17, 15) is 0 Å². The van der Waals surface area contributed by atoms with Crippen molar-refractivity contribution in [3.63, 3.8) is 0 Å². The topological polar surface area (TPSA) is 9.23 Å². The van der Waals surface area contributed by atoms with E-state index in [0.717, 1.165) is 18.8 Å². The summed E-state index contributed by atoms with van der Waals surface area (Å²) in [5, 5.41) is 0. The first-order valence-corrected chi connectivity index (χ1v) is 4.67. The lowest BCUT2D eigenvalue weighted by Gasteiger charge is -2.10. The summed E-state index contributed by atoms with van der Waals surface area (Å²) in [4.78, 5) is 0. The average molecular weight is 162 g/mol. The van der Waals surface area contributed by atoms with Crippen LogP contribution in [0, 0.1) is 0 Å². The number of hydrogen-bond donors (Lipinski definition) is 1. The molecule has 0 heterocycles. The lowest BCUT2D eigenvalue weighted by molar-refractivity contribution is 0.0609. The van der Waals surface area contributed by atoms with Crippen LogP contribution in [0.4, 0.5) is 0 Å². The van der Waals surface area contributed by atoms with Crippen molar-refractivity contribution in [3.8, 4) is 0 Å². The van der Waals surface area contributed by atoms with Crippen molar-refractivity contribution < 1.29 is 4.74 Å². The molecule has 0 fully saturated rings. The SMILES string of the molecule is CCCC(C)OCCCS. The summed E-state index contributed by atoms with van der Waals surface area (Å²) >= 11 is 4.10. The maximum absolute atomic E-state index is 5.47. The molecule has 0 aliphatic heterocycles. The Morgan fingerprint density at radius 3 is 2.70 bits per heavy atom. The smallest absolute Gasteiger partial charge is 0.0546 e. The molecule has 0 saturated heterocycles. The second-order valence-corrected chi connectivity index (χ2v) is 2.99. The molecule has 0 aliphatic carbocycles. The van der Waals surface area contributed by atoms with Crippen molar-refractivity contribution in [3.05, 3.63) is 0 Å². The predicted octanol–water partition coefficient (Wildman–Crippen LogP) is 2.51. The van der Waals surface area contributed by atoms with Gasteiger partial charge in [0.25, 0.3) is 0 Å².